The number of rotatable bonds is 3. The zero-order valence-electron chi connectivity index (χ0n) is 8.17. The maximum Gasteiger partial charge on any atom is 1.00 e. The van der Waals surface area contributed by atoms with Gasteiger partial charge in [0.2, 0.25) is 0 Å². The van der Waals surface area contributed by atoms with E-state index in [0.29, 0.717) is 11.8 Å². The Labute approximate surface area is 98.7 Å². The largest absolute Gasteiger partial charge is 1.00 e. The first-order valence-corrected chi connectivity index (χ1v) is 3.84. The van der Waals surface area contributed by atoms with E-state index in [0.717, 1.165) is 6.08 Å². The van der Waals surface area contributed by atoms with Gasteiger partial charge in [-0.05, 0) is 18.2 Å². The fourth-order valence-corrected chi connectivity index (χ4v) is 0.775. The first-order valence-electron chi connectivity index (χ1n) is 3.84. The van der Waals surface area contributed by atoms with Gasteiger partial charge in [-0.15, -0.1) is 0 Å². The van der Waals surface area contributed by atoms with Gasteiger partial charge >= 0.3 is 24.8 Å². The Balaban J connectivity index is 0.00000196. The van der Waals surface area contributed by atoms with E-state index in [1.807, 2.05) is 0 Å². The van der Waals surface area contributed by atoms with Crippen molar-refractivity contribution in [2.45, 2.75) is 0 Å². The summed E-state index contributed by atoms with van der Waals surface area (Å²) in [6, 6.07) is 8.35. The normalized spacial score (nSPS) is 9.33. The van der Waals surface area contributed by atoms with Crippen LogP contribution in [0.5, 0.6) is 5.75 Å². The van der Waals surface area contributed by atoms with Crippen LogP contribution in [-0.4, -0.2) is 11.9 Å². The SMILES string of the molecule is O=C([O-])/C=C\C(=O)Oc1ccccc1.[Li+]. The molecule has 0 amide bonds. The van der Waals surface area contributed by atoms with Gasteiger partial charge in [0, 0.05) is 6.08 Å². The van der Waals surface area contributed by atoms with Crippen molar-refractivity contribution in [2.24, 2.45) is 0 Å². The van der Waals surface area contributed by atoms with E-state index in [4.69, 9.17) is 4.74 Å². The van der Waals surface area contributed by atoms with Gasteiger partial charge in [0.15, 0.2) is 0 Å². The van der Waals surface area contributed by atoms with Crippen LogP contribution in [0.1, 0.15) is 0 Å². The van der Waals surface area contributed by atoms with Crippen LogP contribution in [0.25, 0.3) is 0 Å². The van der Waals surface area contributed by atoms with Gasteiger partial charge in [-0.25, -0.2) is 4.79 Å². The number of hydrogen-bond donors (Lipinski definition) is 0. The zero-order valence-corrected chi connectivity index (χ0v) is 8.17. The molecule has 0 unspecified atom stereocenters. The van der Waals surface area contributed by atoms with Crippen molar-refractivity contribution in [2.75, 3.05) is 0 Å². The smallest absolute Gasteiger partial charge is 0.545 e. The predicted molar refractivity (Wildman–Crippen MR) is 46.2 cm³/mol. The molecule has 72 valence electrons. The monoisotopic (exact) mass is 198 g/mol. The Morgan fingerprint density at radius 1 is 1.13 bits per heavy atom. The summed E-state index contributed by atoms with van der Waals surface area (Å²) < 4.78 is 4.75. The standard InChI is InChI=1S/C10H8O4.Li/c11-9(12)6-7-10(13)14-8-4-2-1-3-5-8;/h1-7H,(H,11,12);/q;+1/p-1/b7-6-;. The van der Waals surface area contributed by atoms with Gasteiger partial charge in [0.05, 0.1) is 5.97 Å². The van der Waals surface area contributed by atoms with Crippen LogP contribution < -0.4 is 28.7 Å². The molecule has 15 heavy (non-hydrogen) atoms. The summed E-state index contributed by atoms with van der Waals surface area (Å²) >= 11 is 0. The summed E-state index contributed by atoms with van der Waals surface area (Å²) in [4.78, 5) is 20.9. The van der Waals surface area contributed by atoms with Gasteiger partial charge in [-0.2, -0.15) is 0 Å². The Hall–Kier alpha value is -1.50. The molecule has 0 N–H and O–H groups in total. The fraction of sp³-hybridized carbons (Fsp3) is 0. The molecule has 0 bridgehead atoms. The molecule has 0 fully saturated rings. The van der Waals surface area contributed by atoms with E-state index in [1.54, 1.807) is 30.3 Å². The van der Waals surface area contributed by atoms with E-state index in [2.05, 4.69) is 0 Å². The average Bonchev–Trinajstić information content (AvgIpc) is 2.16. The molecule has 1 rings (SSSR count). The van der Waals surface area contributed by atoms with Crippen LogP contribution in [-0.2, 0) is 9.59 Å². The molecule has 0 radical (unpaired) electrons. The number of hydrogen-bond acceptors (Lipinski definition) is 4. The number of carboxylic acid groups (broad SMARTS) is 1. The number of carbonyl (C=O) groups excluding carboxylic acids is 2. The molecule has 0 saturated carbocycles. The van der Waals surface area contributed by atoms with E-state index >= 15 is 0 Å². The number of aliphatic carboxylic acids is 1. The Kier molecular flexibility index (Phi) is 6.19. The number of carboxylic acids is 1. The van der Waals surface area contributed by atoms with Crippen LogP contribution in [0.3, 0.4) is 0 Å². The summed E-state index contributed by atoms with van der Waals surface area (Å²) in [6.07, 6.45) is 1.41. The van der Waals surface area contributed by atoms with Crippen LogP contribution >= 0.6 is 0 Å². The van der Waals surface area contributed by atoms with Crippen molar-refractivity contribution in [3.8, 4) is 5.75 Å². The van der Waals surface area contributed by atoms with E-state index in [9.17, 15) is 14.7 Å². The molecule has 4 nitrogen and oxygen atoms in total. The maximum absolute atomic E-state index is 10.9. The number of ether oxygens (including phenoxy) is 1. The molecule has 0 aliphatic rings. The van der Waals surface area contributed by atoms with Crippen molar-refractivity contribution >= 4 is 11.9 Å². The van der Waals surface area contributed by atoms with Crippen molar-refractivity contribution in [3.63, 3.8) is 0 Å². The van der Waals surface area contributed by atoms with E-state index < -0.39 is 11.9 Å². The maximum atomic E-state index is 10.9. The summed E-state index contributed by atoms with van der Waals surface area (Å²) in [6.45, 7) is 0. The third kappa shape index (κ3) is 5.73. The molecule has 0 spiro atoms. The predicted octanol–water partition coefficient (Wildman–Crippen LogP) is -3.10. The minimum Gasteiger partial charge on any atom is -0.545 e. The van der Waals surface area contributed by atoms with Gasteiger partial charge in [0.25, 0.3) is 0 Å². The number of esters is 1. The summed E-state index contributed by atoms with van der Waals surface area (Å²) in [7, 11) is 0. The van der Waals surface area contributed by atoms with Gasteiger partial charge in [-0.3, -0.25) is 0 Å². The fourth-order valence-electron chi connectivity index (χ4n) is 0.775. The molecule has 0 aliphatic carbocycles. The minimum atomic E-state index is -1.44. The molecule has 5 heteroatoms. The molecule has 1 aromatic carbocycles. The van der Waals surface area contributed by atoms with Crippen molar-refractivity contribution in [1.82, 2.24) is 0 Å². The number of carbonyl (C=O) groups is 2. The van der Waals surface area contributed by atoms with Gasteiger partial charge in [-0.1, -0.05) is 18.2 Å². The Morgan fingerprint density at radius 3 is 2.27 bits per heavy atom. The van der Waals surface area contributed by atoms with Crippen molar-refractivity contribution in [1.29, 1.82) is 0 Å². The molecular formula is C10H7LiO4. The molecule has 1 aromatic rings. The second-order valence-corrected chi connectivity index (χ2v) is 2.39. The van der Waals surface area contributed by atoms with Crippen molar-refractivity contribution < 1.29 is 38.3 Å². The molecule has 0 aliphatic heterocycles. The van der Waals surface area contributed by atoms with E-state index in [1.165, 1.54) is 0 Å². The number of benzene rings is 1. The summed E-state index contributed by atoms with van der Waals surface area (Å²) in [5.41, 5.74) is 0. The van der Waals surface area contributed by atoms with Crippen LogP contribution in [0.2, 0.25) is 0 Å². The average molecular weight is 198 g/mol. The first kappa shape index (κ1) is 13.5. The van der Waals surface area contributed by atoms with Gasteiger partial charge in [0.1, 0.15) is 5.75 Å². The zero-order chi connectivity index (χ0) is 10.4. The summed E-state index contributed by atoms with van der Waals surface area (Å²) in [5, 5.41) is 9.95. The van der Waals surface area contributed by atoms with Crippen LogP contribution in [0, 0.1) is 0 Å². The molecule has 0 aromatic heterocycles. The second-order valence-electron chi connectivity index (χ2n) is 2.39. The van der Waals surface area contributed by atoms with Gasteiger partial charge < -0.3 is 14.6 Å². The first-order chi connectivity index (χ1) is 6.68. The topological polar surface area (TPSA) is 66.4 Å². The third-order valence-corrected chi connectivity index (χ3v) is 1.32. The second kappa shape index (κ2) is 6.88. The molecule has 0 atom stereocenters. The van der Waals surface area contributed by atoms with E-state index in [-0.39, 0.29) is 18.9 Å². The number of para-hydroxylation sites is 1. The Bertz CT molecular complexity index is 359. The minimum absolute atomic E-state index is 0. The quantitative estimate of drug-likeness (QED) is 0.223. The molecule has 0 saturated heterocycles. The summed E-state index contributed by atoms with van der Waals surface area (Å²) in [5.74, 6) is -1.82. The van der Waals surface area contributed by atoms with Crippen LogP contribution in [0.15, 0.2) is 42.5 Å². The van der Waals surface area contributed by atoms with Crippen molar-refractivity contribution in [3.05, 3.63) is 42.5 Å². The van der Waals surface area contributed by atoms with Crippen LogP contribution in [0.4, 0.5) is 0 Å². The molecule has 0 heterocycles. The third-order valence-electron chi connectivity index (χ3n) is 1.32. The Morgan fingerprint density at radius 2 is 1.73 bits per heavy atom. The molecular weight excluding hydrogens is 191 g/mol.